The Morgan fingerprint density at radius 1 is 1.55 bits per heavy atom. The molecule has 114 valence electrons. The number of esters is 1. The molecule has 1 aliphatic carbocycles. The molecule has 0 fully saturated rings. The van der Waals surface area contributed by atoms with E-state index in [1.807, 2.05) is 19.9 Å². The molecule has 0 saturated heterocycles. The number of hydrogen-bond acceptors (Lipinski definition) is 5. The zero-order valence-corrected chi connectivity index (χ0v) is 12.3. The van der Waals surface area contributed by atoms with Crippen LogP contribution in [-0.2, 0) is 14.3 Å². The molecule has 4 N–H and O–H groups in total. The number of nitrogens with two attached hydrogens (primary N) is 1. The molecule has 0 aliphatic heterocycles. The molecule has 1 amide bonds. The largest absolute Gasteiger partial charge is 0.467 e. The average Bonchev–Trinajstić information content (AvgIpc) is 2.43. The van der Waals surface area contributed by atoms with Gasteiger partial charge in [-0.25, -0.2) is 4.79 Å². The fraction of sp³-hybridized carbons (Fsp3) is 0.714. The number of aliphatic hydroxyl groups is 1. The summed E-state index contributed by atoms with van der Waals surface area (Å²) in [6.07, 6.45) is 4.77. The van der Waals surface area contributed by atoms with Crippen molar-refractivity contribution in [2.24, 2.45) is 17.6 Å². The van der Waals surface area contributed by atoms with Gasteiger partial charge in [0, 0.05) is 5.92 Å². The van der Waals surface area contributed by atoms with Crippen molar-refractivity contribution in [2.45, 2.75) is 38.3 Å². The fourth-order valence-corrected chi connectivity index (χ4v) is 2.35. The van der Waals surface area contributed by atoms with Crippen LogP contribution in [0.2, 0.25) is 0 Å². The first-order valence-corrected chi connectivity index (χ1v) is 6.82. The first-order chi connectivity index (χ1) is 9.36. The number of nitrogens with one attached hydrogen (secondary N) is 1. The Kier molecular flexibility index (Phi) is 5.71. The van der Waals surface area contributed by atoms with E-state index >= 15 is 0 Å². The lowest BCUT2D eigenvalue weighted by Gasteiger charge is -2.37. The van der Waals surface area contributed by atoms with Crippen molar-refractivity contribution in [1.29, 1.82) is 0 Å². The molecule has 0 aromatic rings. The van der Waals surface area contributed by atoms with Crippen LogP contribution in [0.1, 0.15) is 26.7 Å². The molecule has 6 heteroatoms. The summed E-state index contributed by atoms with van der Waals surface area (Å²) in [5.41, 5.74) is 4.98. The molecule has 0 aromatic heterocycles. The van der Waals surface area contributed by atoms with Gasteiger partial charge in [-0.2, -0.15) is 0 Å². The van der Waals surface area contributed by atoms with E-state index in [-0.39, 0.29) is 12.5 Å². The van der Waals surface area contributed by atoms with E-state index in [9.17, 15) is 14.7 Å². The van der Waals surface area contributed by atoms with Gasteiger partial charge in [-0.3, -0.25) is 4.79 Å². The summed E-state index contributed by atoms with van der Waals surface area (Å²) in [6.45, 7) is 3.43. The molecule has 6 nitrogen and oxygen atoms in total. The Bertz CT molecular complexity index is 395. The molecule has 0 spiro atoms. The zero-order valence-electron chi connectivity index (χ0n) is 12.3. The number of aliphatic hydroxyl groups excluding tert-OH is 1. The Hall–Kier alpha value is -1.40. The van der Waals surface area contributed by atoms with Gasteiger partial charge in [0.05, 0.1) is 13.7 Å². The Balaban J connectivity index is 2.87. The summed E-state index contributed by atoms with van der Waals surface area (Å²) >= 11 is 0. The van der Waals surface area contributed by atoms with Crippen LogP contribution >= 0.6 is 0 Å². The van der Waals surface area contributed by atoms with Gasteiger partial charge in [-0.15, -0.1) is 0 Å². The molecule has 3 atom stereocenters. The van der Waals surface area contributed by atoms with Gasteiger partial charge >= 0.3 is 5.97 Å². The molecular formula is C14H24N2O4. The Morgan fingerprint density at radius 2 is 2.20 bits per heavy atom. The van der Waals surface area contributed by atoms with Crippen LogP contribution in [0.4, 0.5) is 0 Å². The second kappa shape index (κ2) is 6.85. The minimum Gasteiger partial charge on any atom is -0.467 e. The smallest absolute Gasteiger partial charge is 0.328 e. The molecule has 1 aliphatic rings. The lowest BCUT2D eigenvalue weighted by Crippen LogP contribution is -2.63. The highest BCUT2D eigenvalue weighted by atomic mass is 16.5. The predicted octanol–water partition coefficient (Wildman–Crippen LogP) is -0.0438. The van der Waals surface area contributed by atoms with Gasteiger partial charge in [0.25, 0.3) is 0 Å². The first-order valence-electron chi connectivity index (χ1n) is 6.82. The van der Waals surface area contributed by atoms with Gasteiger partial charge in [0.15, 0.2) is 0 Å². The van der Waals surface area contributed by atoms with E-state index in [0.29, 0.717) is 12.8 Å². The maximum absolute atomic E-state index is 12.4. The number of allylic oxidation sites excluding steroid dienone is 1. The molecule has 0 unspecified atom stereocenters. The van der Waals surface area contributed by atoms with Crippen molar-refractivity contribution in [3.05, 3.63) is 12.2 Å². The molecule has 0 aromatic carbocycles. The molecular weight excluding hydrogens is 260 g/mol. The van der Waals surface area contributed by atoms with Crippen LogP contribution < -0.4 is 11.1 Å². The van der Waals surface area contributed by atoms with E-state index in [1.54, 1.807) is 6.08 Å². The molecule has 1 rings (SSSR count). The quantitative estimate of drug-likeness (QED) is 0.485. The van der Waals surface area contributed by atoms with Crippen molar-refractivity contribution in [3.8, 4) is 0 Å². The third kappa shape index (κ3) is 3.37. The van der Waals surface area contributed by atoms with Crippen LogP contribution in [0.25, 0.3) is 0 Å². The van der Waals surface area contributed by atoms with Crippen molar-refractivity contribution in [1.82, 2.24) is 5.32 Å². The summed E-state index contributed by atoms with van der Waals surface area (Å²) in [5, 5.41) is 12.0. The fourth-order valence-electron chi connectivity index (χ4n) is 2.35. The minimum absolute atomic E-state index is 0.110. The number of ether oxygens (including phenoxy) is 1. The summed E-state index contributed by atoms with van der Waals surface area (Å²) in [5.74, 6) is -1.47. The lowest BCUT2D eigenvalue weighted by atomic mass is 9.76. The first kappa shape index (κ1) is 16.7. The van der Waals surface area contributed by atoms with Gasteiger partial charge < -0.3 is 20.9 Å². The second-order valence-electron chi connectivity index (χ2n) is 5.51. The van der Waals surface area contributed by atoms with Crippen molar-refractivity contribution < 1.29 is 19.4 Å². The van der Waals surface area contributed by atoms with Gasteiger partial charge in [0.2, 0.25) is 5.91 Å². The number of amides is 1. The highest BCUT2D eigenvalue weighted by Crippen LogP contribution is 2.27. The molecule has 0 radical (unpaired) electrons. The second-order valence-corrected chi connectivity index (χ2v) is 5.51. The van der Waals surface area contributed by atoms with Crippen LogP contribution in [0.15, 0.2) is 12.2 Å². The number of methoxy groups -OCH3 is 1. The topological polar surface area (TPSA) is 102 Å². The number of carbonyl (C=O) groups excluding carboxylic acids is 2. The van der Waals surface area contributed by atoms with Crippen molar-refractivity contribution >= 4 is 11.9 Å². The normalized spacial score (nSPS) is 27.2. The molecule has 0 heterocycles. The van der Waals surface area contributed by atoms with Crippen molar-refractivity contribution in [3.63, 3.8) is 0 Å². The maximum atomic E-state index is 12.4. The van der Waals surface area contributed by atoms with Crippen LogP contribution in [-0.4, -0.2) is 42.3 Å². The monoisotopic (exact) mass is 284 g/mol. The highest BCUT2D eigenvalue weighted by Gasteiger charge is 2.43. The average molecular weight is 284 g/mol. The zero-order chi connectivity index (χ0) is 15.3. The predicted molar refractivity (Wildman–Crippen MR) is 74.7 cm³/mol. The van der Waals surface area contributed by atoms with E-state index in [0.717, 1.165) is 0 Å². The van der Waals surface area contributed by atoms with Crippen LogP contribution in [0.3, 0.4) is 0 Å². The van der Waals surface area contributed by atoms with Gasteiger partial charge in [-0.05, 0) is 18.8 Å². The van der Waals surface area contributed by atoms with Gasteiger partial charge in [-0.1, -0.05) is 26.0 Å². The number of carbonyl (C=O) groups is 2. The van der Waals surface area contributed by atoms with Crippen LogP contribution in [0, 0.1) is 11.8 Å². The summed E-state index contributed by atoms with van der Waals surface area (Å²) in [6, 6.07) is -0.738. The summed E-state index contributed by atoms with van der Waals surface area (Å²) in [7, 11) is 1.28. The Morgan fingerprint density at radius 3 is 2.70 bits per heavy atom. The molecule has 0 saturated carbocycles. The van der Waals surface area contributed by atoms with E-state index in [4.69, 9.17) is 10.5 Å². The standard InChI is InChI=1S/C14H24N2O4/c1-9(2)11(12(18)20-3)16-13(19)14(15)7-5-4-6-10(14)8-17/h4,6,9-11,17H,5,7-8,15H2,1-3H3,(H,16,19)/t10-,11+,14-/m0/s1. The maximum Gasteiger partial charge on any atom is 0.328 e. The number of hydrogen-bond donors (Lipinski definition) is 3. The third-order valence-electron chi connectivity index (χ3n) is 3.78. The van der Waals surface area contributed by atoms with Crippen molar-refractivity contribution in [2.75, 3.05) is 13.7 Å². The van der Waals surface area contributed by atoms with E-state index in [1.165, 1.54) is 7.11 Å². The minimum atomic E-state index is -1.19. The van der Waals surface area contributed by atoms with Crippen LogP contribution in [0.5, 0.6) is 0 Å². The summed E-state index contributed by atoms with van der Waals surface area (Å²) in [4.78, 5) is 24.1. The highest BCUT2D eigenvalue weighted by molar-refractivity contribution is 5.91. The Labute approximate surface area is 119 Å². The van der Waals surface area contributed by atoms with E-state index in [2.05, 4.69) is 5.32 Å². The van der Waals surface area contributed by atoms with Gasteiger partial charge in [0.1, 0.15) is 11.6 Å². The SMILES string of the molecule is COC(=O)[C@H](NC(=O)[C@]1(N)CCC=C[C@H]1CO)C(C)C. The summed E-state index contributed by atoms with van der Waals surface area (Å²) < 4.78 is 4.69. The molecule has 0 bridgehead atoms. The van der Waals surface area contributed by atoms with E-state index < -0.39 is 29.4 Å². The molecule has 20 heavy (non-hydrogen) atoms. The lowest BCUT2D eigenvalue weighted by molar-refractivity contribution is -0.147. The number of rotatable bonds is 5. The third-order valence-corrected chi connectivity index (χ3v) is 3.78.